The average molecular weight is 380 g/mol. The van der Waals surface area contributed by atoms with Gasteiger partial charge < -0.3 is 4.42 Å². The Kier molecular flexibility index (Phi) is 4.41. The fourth-order valence-corrected chi connectivity index (χ4v) is 5.12. The number of carbonyl (C=O) groups is 1. The van der Waals surface area contributed by atoms with Crippen LogP contribution < -0.4 is 0 Å². The maximum atomic E-state index is 12.5. The predicted octanol–water partition coefficient (Wildman–Crippen LogP) is 2.24. The lowest BCUT2D eigenvalue weighted by molar-refractivity contribution is -0.114. The summed E-state index contributed by atoms with van der Waals surface area (Å²) in [5, 5.41) is 8.12. The summed E-state index contributed by atoms with van der Waals surface area (Å²) in [5.41, 5.74) is -0.0481. The fourth-order valence-electron chi connectivity index (χ4n) is 2.39. The van der Waals surface area contributed by atoms with Crippen molar-refractivity contribution in [3.63, 3.8) is 0 Å². The van der Waals surface area contributed by atoms with Crippen molar-refractivity contribution in [2.24, 2.45) is 15.3 Å². The van der Waals surface area contributed by atoms with Crippen LogP contribution in [0, 0.1) is 18.3 Å². The molecule has 0 saturated carbocycles. The van der Waals surface area contributed by atoms with Crippen molar-refractivity contribution in [2.75, 3.05) is 5.75 Å². The summed E-state index contributed by atoms with van der Waals surface area (Å²) >= 11 is 0.781. The smallest absolute Gasteiger partial charge is 0.283 e. The van der Waals surface area contributed by atoms with Crippen LogP contribution in [-0.4, -0.2) is 41.1 Å². The molecule has 132 valence electrons. The molecule has 3 rings (SSSR count). The molecule has 2 aliphatic rings. The van der Waals surface area contributed by atoms with Crippen LogP contribution in [0.1, 0.15) is 25.4 Å². The molecule has 0 atom stereocenters. The van der Waals surface area contributed by atoms with Crippen LogP contribution in [0.25, 0.3) is 6.08 Å². The van der Waals surface area contributed by atoms with Crippen LogP contribution in [0.5, 0.6) is 0 Å². The zero-order chi connectivity index (χ0) is 18.4. The molecule has 0 radical (unpaired) electrons. The molecule has 0 spiro atoms. The highest BCUT2D eigenvalue weighted by molar-refractivity contribution is 8.16. The van der Waals surface area contributed by atoms with Gasteiger partial charge in [0.25, 0.3) is 5.91 Å². The molecule has 25 heavy (non-hydrogen) atoms. The van der Waals surface area contributed by atoms with E-state index in [0.717, 1.165) is 16.8 Å². The first-order valence-corrected chi connectivity index (χ1v) is 9.89. The molecule has 1 N–H and O–H groups in total. The van der Waals surface area contributed by atoms with Crippen LogP contribution in [0.2, 0.25) is 0 Å². The number of sulfone groups is 1. The summed E-state index contributed by atoms with van der Waals surface area (Å²) in [4.78, 5) is 17.2. The van der Waals surface area contributed by atoms with E-state index >= 15 is 0 Å². The Bertz CT molecular complexity index is 954. The fraction of sp³-hybridized carbons (Fsp3) is 0.333. The first kappa shape index (κ1) is 17.6. The summed E-state index contributed by atoms with van der Waals surface area (Å²) in [6, 6.07) is 3.38. The minimum atomic E-state index is -3.70. The minimum absolute atomic E-state index is 0.0481. The number of fused-ring (bicyclic) bond motifs is 1. The molecular formula is C15H16N4O4S2. The molecule has 0 saturated heterocycles. The minimum Gasteiger partial charge on any atom is -0.462 e. The second-order valence-corrected chi connectivity index (χ2v) is 8.69. The number of aryl methyl sites for hydroxylation is 1. The highest BCUT2D eigenvalue weighted by Crippen LogP contribution is 2.30. The maximum Gasteiger partial charge on any atom is 0.283 e. The van der Waals surface area contributed by atoms with E-state index in [0.29, 0.717) is 11.5 Å². The molecule has 0 fully saturated rings. The normalized spacial score (nSPS) is 19.5. The van der Waals surface area contributed by atoms with E-state index in [1.165, 1.54) is 6.08 Å². The molecule has 1 amide bonds. The van der Waals surface area contributed by atoms with Gasteiger partial charge in [0.15, 0.2) is 0 Å². The topological polar surface area (TPSA) is 116 Å². The van der Waals surface area contributed by atoms with Gasteiger partial charge in [-0.25, -0.2) is 13.3 Å². The molecular weight excluding hydrogens is 364 g/mol. The Balaban J connectivity index is 2.00. The van der Waals surface area contributed by atoms with E-state index < -0.39 is 15.7 Å². The van der Waals surface area contributed by atoms with Crippen molar-refractivity contribution in [3.8, 4) is 0 Å². The predicted molar refractivity (Wildman–Crippen MR) is 97.1 cm³/mol. The standard InChI is InChI=1S/C15H16N4O4S2/c1-8(2)7-25(21,22)15-18-24-14-17-13(20)11(12(16)19(14)15)6-10-5-4-9(3)23-10/h4-6,8,16H,7H2,1-3H3/b11-6-,16-12?. The van der Waals surface area contributed by atoms with Crippen molar-refractivity contribution < 1.29 is 17.6 Å². The van der Waals surface area contributed by atoms with Gasteiger partial charge in [0.05, 0.1) is 23.3 Å². The van der Waals surface area contributed by atoms with E-state index in [9.17, 15) is 13.2 Å². The summed E-state index contributed by atoms with van der Waals surface area (Å²) in [5.74, 6) is -0.0617. The van der Waals surface area contributed by atoms with E-state index in [1.54, 1.807) is 32.9 Å². The number of rotatable bonds is 3. The van der Waals surface area contributed by atoms with E-state index in [2.05, 4.69) is 9.39 Å². The Morgan fingerprint density at radius 3 is 2.72 bits per heavy atom. The first-order chi connectivity index (χ1) is 11.7. The number of furan rings is 1. The van der Waals surface area contributed by atoms with Crippen molar-refractivity contribution in [1.29, 1.82) is 5.41 Å². The van der Waals surface area contributed by atoms with E-state index in [-0.39, 0.29) is 33.4 Å². The van der Waals surface area contributed by atoms with Gasteiger partial charge in [-0.1, -0.05) is 13.8 Å². The molecule has 8 nitrogen and oxygen atoms in total. The van der Waals surface area contributed by atoms with Crippen molar-refractivity contribution >= 4 is 49.9 Å². The molecule has 1 aromatic rings. The average Bonchev–Trinajstić information content (AvgIpc) is 3.08. The SMILES string of the molecule is Cc1ccc(/C=C2/C(=N)N3C(=NC2=O)SN=C3S(=O)(=O)CC(C)C)o1. The van der Waals surface area contributed by atoms with E-state index in [4.69, 9.17) is 9.83 Å². The summed E-state index contributed by atoms with van der Waals surface area (Å²) in [7, 11) is -3.70. The molecule has 0 aliphatic carbocycles. The lowest BCUT2D eigenvalue weighted by Gasteiger charge is -2.24. The molecule has 0 bridgehead atoms. The quantitative estimate of drug-likeness (QED) is 0.635. The zero-order valence-corrected chi connectivity index (χ0v) is 15.4. The lowest BCUT2D eigenvalue weighted by Crippen LogP contribution is -2.46. The van der Waals surface area contributed by atoms with Gasteiger partial charge in [0, 0.05) is 0 Å². The molecule has 10 heteroatoms. The lowest BCUT2D eigenvalue weighted by atomic mass is 10.1. The van der Waals surface area contributed by atoms with E-state index in [1.807, 2.05) is 0 Å². The van der Waals surface area contributed by atoms with Gasteiger partial charge in [-0.15, -0.1) is 0 Å². The number of hydrogen-bond donors (Lipinski definition) is 1. The second-order valence-electron chi connectivity index (χ2n) is 6.03. The Labute approximate surface area is 149 Å². The van der Waals surface area contributed by atoms with Gasteiger partial charge in [-0.3, -0.25) is 10.2 Å². The van der Waals surface area contributed by atoms with Crippen LogP contribution in [0.15, 0.2) is 31.5 Å². The third-order valence-corrected chi connectivity index (χ3v) is 6.13. The Hall–Kier alpha value is -2.20. The van der Waals surface area contributed by atoms with Gasteiger partial charge in [0.2, 0.25) is 20.2 Å². The van der Waals surface area contributed by atoms with Crippen LogP contribution in [0.4, 0.5) is 0 Å². The second kappa shape index (κ2) is 6.26. The van der Waals surface area contributed by atoms with Gasteiger partial charge >= 0.3 is 0 Å². The molecule has 2 aliphatic heterocycles. The molecule has 3 heterocycles. The summed E-state index contributed by atoms with van der Waals surface area (Å²) < 4.78 is 34.4. The number of amidine groups is 3. The van der Waals surface area contributed by atoms with Crippen molar-refractivity contribution in [1.82, 2.24) is 4.90 Å². The Morgan fingerprint density at radius 2 is 2.12 bits per heavy atom. The van der Waals surface area contributed by atoms with Crippen molar-refractivity contribution in [3.05, 3.63) is 29.2 Å². The number of nitrogens with zero attached hydrogens (tertiary/aromatic N) is 3. The molecule has 1 aromatic heterocycles. The number of aliphatic imine (C=N–C) groups is 1. The summed E-state index contributed by atoms with van der Waals surface area (Å²) in [6.07, 6.45) is 1.38. The Morgan fingerprint density at radius 1 is 1.40 bits per heavy atom. The number of carbonyl (C=O) groups excluding carboxylic acids is 1. The molecule has 0 unspecified atom stereocenters. The van der Waals surface area contributed by atoms with Crippen LogP contribution in [-0.2, 0) is 14.6 Å². The number of hydrogen-bond acceptors (Lipinski definition) is 7. The maximum absolute atomic E-state index is 12.5. The van der Waals surface area contributed by atoms with Crippen LogP contribution in [0.3, 0.4) is 0 Å². The zero-order valence-electron chi connectivity index (χ0n) is 13.8. The van der Waals surface area contributed by atoms with Gasteiger partial charge in [0.1, 0.15) is 17.4 Å². The van der Waals surface area contributed by atoms with Crippen molar-refractivity contribution in [2.45, 2.75) is 20.8 Å². The summed E-state index contributed by atoms with van der Waals surface area (Å²) in [6.45, 7) is 5.32. The first-order valence-electron chi connectivity index (χ1n) is 7.47. The number of amides is 1. The van der Waals surface area contributed by atoms with Gasteiger partial charge in [-0.2, -0.15) is 9.39 Å². The largest absolute Gasteiger partial charge is 0.462 e. The monoisotopic (exact) mass is 380 g/mol. The highest BCUT2D eigenvalue weighted by atomic mass is 32.2. The van der Waals surface area contributed by atoms with Gasteiger partial charge in [-0.05, 0) is 31.1 Å². The third kappa shape index (κ3) is 3.31. The number of nitrogens with one attached hydrogen (secondary N) is 1. The van der Waals surface area contributed by atoms with Crippen LogP contribution >= 0.6 is 11.9 Å². The third-order valence-electron chi connectivity index (χ3n) is 3.37. The molecule has 0 aromatic carbocycles. The highest BCUT2D eigenvalue weighted by Gasteiger charge is 2.42.